The van der Waals surface area contributed by atoms with Crippen LogP contribution in [-0.2, 0) is 0 Å². The van der Waals surface area contributed by atoms with Gasteiger partial charge in [-0.25, -0.2) is 0 Å². The second-order valence-corrected chi connectivity index (χ2v) is 9.36. The van der Waals surface area contributed by atoms with Gasteiger partial charge in [0.15, 0.2) is 0 Å². The molecule has 0 rings (SSSR count). The number of halogens is 2. The summed E-state index contributed by atoms with van der Waals surface area (Å²) in [5.41, 5.74) is 0. The molecule has 0 heterocycles. The van der Waals surface area contributed by atoms with Crippen molar-refractivity contribution in [3.05, 3.63) is 5.21 Å². The van der Waals surface area contributed by atoms with Gasteiger partial charge in [0.25, 0.3) is 0 Å². The normalized spacial score (nSPS) is 19.4. The van der Waals surface area contributed by atoms with E-state index in [0.717, 1.165) is 0 Å². The molecule has 0 fully saturated rings. The van der Waals surface area contributed by atoms with Crippen LogP contribution < -0.4 is 24.8 Å². The zero-order valence-corrected chi connectivity index (χ0v) is 8.56. The average molecular weight is 328 g/mol. The van der Waals surface area contributed by atoms with E-state index in [4.69, 9.17) is 0 Å². The van der Waals surface area contributed by atoms with E-state index in [-0.39, 0.29) is 21.5 Å². The molecule has 0 amide bonds. The second kappa shape index (κ2) is 4.28. The third-order valence-corrected chi connectivity index (χ3v) is 3.62. The van der Waals surface area contributed by atoms with Crippen LogP contribution in [0.25, 0.3) is 0 Å². The summed E-state index contributed by atoms with van der Waals surface area (Å²) in [7, 11) is 1.67. The molecule has 0 aliphatic rings. The molecular weight excluding hydrogens is 320 g/mol. The molecule has 0 radical (unpaired) electrons. The summed E-state index contributed by atoms with van der Waals surface area (Å²) in [6.45, 7) is 2.08. The first-order valence-corrected chi connectivity index (χ1v) is 5.48. The first kappa shape index (κ1) is 8.38. The Kier molecular flexibility index (Phi) is 5.12. The SMILES string of the molecule is CC(I)[I-][NH+](C)[O-]. The van der Waals surface area contributed by atoms with Crippen LogP contribution in [0.15, 0.2) is 0 Å². The van der Waals surface area contributed by atoms with Gasteiger partial charge >= 0.3 is 68.5 Å². The molecule has 0 spiro atoms. The summed E-state index contributed by atoms with van der Waals surface area (Å²) in [6, 6.07) is 0. The van der Waals surface area contributed by atoms with Crippen molar-refractivity contribution < 1.29 is 24.8 Å². The molecule has 4 heteroatoms. The Morgan fingerprint density at radius 1 is 1.86 bits per heavy atom. The van der Waals surface area contributed by atoms with E-state index < -0.39 is 0 Å². The number of alkyl halides is 2. The van der Waals surface area contributed by atoms with E-state index in [1.165, 1.54) is 0 Å². The zero-order chi connectivity index (χ0) is 5.86. The summed E-state index contributed by atoms with van der Waals surface area (Å²) in [5, 5.41) is 10.3. The van der Waals surface area contributed by atoms with Crippen LogP contribution in [0.1, 0.15) is 6.92 Å². The Morgan fingerprint density at radius 2 is 2.29 bits per heavy atom. The molecule has 0 saturated carbocycles. The van der Waals surface area contributed by atoms with Crippen molar-refractivity contribution in [2.75, 3.05) is 7.05 Å². The van der Waals surface area contributed by atoms with E-state index in [9.17, 15) is 5.21 Å². The third kappa shape index (κ3) is 7.38. The van der Waals surface area contributed by atoms with Crippen molar-refractivity contribution in [3.8, 4) is 0 Å². The predicted molar refractivity (Wildman–Crippen MR) is 33.7 cm³/mol. The Balaban J connectivity index is 2.95. The Morgan fingerprint density at radius 3 is 2.29 bits per heavy atom. The fourth-order valence-corrected chi connectivity index (χ4v) is 3.64. The molecule has 0 aromatic carbocycles. The first-order valence-electron chi connectivity index (χ1n) is 1.91. The second-order valence-electron chi connectivity index (χ2n) is 1.10. The minimum atomic E-state index is -0.147. The van der Waals surface area contributed by atoms with Gasteiger partial charge in [-0.15, -0.1) is 0 Å². The fourth-order valence-electron chi connectivity index (χ4n) is 0.212. The summed E-state index contributed by atoms with van der Waals surface area (Å²) in [6.07, 6.45) is 0. The molecule has 0 saturated heterocycles. The first-order chi connectivity index (χ1) is 3.13. The van der Waals surface area contributed by atoms with E-state index in [0.29, 0.717) is 5.21 Å². The molecule has 0 aliphatic heterocycles. The van der Waals surface area contributed by atoms with Gasteiger partial charge in [0.2, 0.25) is 0 Å². The number of hydrogen-bond donors (Lipinski definition) is 1. The molecule has 7 heavy (non-hydrogen) atoms. The molecule has 2 unspecified atom stereocenters. The fraction of sp³-hybridized carbons (Fsp3) is 1.00. The molecule has 1 N–H and O–H groups in total. The van der Waals surface area contributed by atoms with Crippen LogP contribution >= 0.6 is 22.6 Å². The number of quaternary nitrogens is 1. The third-order valence-electron chi connectivity index (χ3n) is 0.304. The van der Waals surface area contributed by atoms with Gasteiger partial charge in [0.05, 0.1) is 0 Å². The minimum absolute atomic E-state index is 0.147. The topological polar surface area (TPSA) is 27.5 Å². The van der Waals surface area contributed by atoms with Gasteiger partial charge in [0, 0.05) is 0 Å². The number of rotatable bonds is 2. The molecule has 0 aromatic heterocycles. The monoisotopic (exact) mass is 328 g/mol. The van der Waals surface area contributed by atoms with Gasteiger partial charge in [-0.1, -0.05) is 0 Å². The van der Waals surface area contributed by atoms with E-state index in [1.54, 1.807) is 7.05 Å². The molecule has 46 valence electrons. The summed E-state index contributed by atoms with van der Waals surface area (Å²) >= 11 is 2.14. The Bertz CT molecular complexity index is 42.2. The van der Waals surface area contributed by atoms with Crippen LogP contribution in [0.2, 0.25) is 0 Å². The Labute approximate surface area is 68.0 Å². The molecule has 2 atom stereocenters. The van der Waals surface area contributed by atoms with Gasteiger partial charge in [0.1, 0.15) is 0 Å². The molecule has 0 aliphatic carbocycles. The molecule has 2 nitrogen and oxygen atoms in total. The van der Waals surface area contributed by atoms with Gasteiger partial charge in [-0.2, -0.15) is 0 Å². The van der Waals surface area contributed by atoms with Crippen molar-refractivity contribution >= 4 is 22.6 Å². The summed E-state index contributed by atoms with van der Waals surface area (Å²) in [4.78, 5) is 0. The van der Waals surface area contributed by atoms with Crippen molar-refractivity contribution in [1.82, 2.24) is 0 Å². The average Bonchev–Trinajstić information content (AvgIpc) is 1.27. The van der Waals surface area contributed by atoms with Crippen LogP contribution in [0.4, 0.5) is 0 Å². The maximum atomic E-state index is 10.3. The van der Waals surface area contributed by atoms with Gasteiger partial charge in [-0.05, 0) is 0 Å². The predicted octanol–water partition coefficient (Wildman–Crippen LogP) is -3.22. The standard InChI is InChI=1S/C3H8I2NO/c1-3(4)5-6(2)7/h3,6H,1-2H3/q-1. The quantitative estimate of drug-likeness (QED) is 0.246. The van der Waals surface area contributed by atoms with Crippen LogP contribution in [0.5, 0.6) is 0 Å². The summed E-state index contributed by atoms with van der Waals surface area (Å²) < 4.78 is 0.995. The van der Waals surface area contributed by atoms with Crippen LogP contribution in [0, 0.1) is 5.21 Å². The molecular formula is C3H8I2NO-. The molecule has 0 aromatic rings. The van der Waals surface area contributed by atoms with Crippen molar-refractivity contribution in [3.63, 3.8) is 0 Å². The van der Waals surface area contributed by atoms with Crippen molar-refractivity contribution in [2.24, 2.45) is 0 Å². The Hall–Kier alpha value is 1.38. The maximum absolute atomic E-state index is 10.3. The summed E-state index contributed by atoms with van der Waals surface area (Å²) in [5.74, 6) is 0. The number of nitrogens with one attached hydrogen (secondary N) is 1. The number of hydrogen-bond acceptors (Lipinski definition) is 1. The van der Waals surface area contributed by atoms with Crippen molar-refractivity contribution in [1.29, 1.82) is 0 Å². The van der Waals surface area contributed by atoms with E-state index in [2.05, 4.69) is 29.5 Å². The number of hydroxylamine groups is 1. The zero-order valence-electron chi connectivity index (χ0n) is 4.24. The van der Waals surface area contributed by atoms with E-state index >= 15 is 0 Å². The molecule has 0 bridgehead atoms. The van der Waals surface area contributed by atoms with Gasteiger partial charge < -0.3 is 0 Å². The van der Waals surface area contributed by atoms with Crippen molar-refractivity contribution in [2.45, 2.75) is 8.86 Å². The van der Waals surface area contributed by atoms with Gasteiger partial charge in [-0.3, -0.25) is 0 Å². The van der Waals surface area contributed by atoms with E-state index in [1.807, 2.05) is 0 Å². The van der Waals surface area contributed by atoms with Crippen LogP contribution in [0.3, 0.4) is 0 Å². The van der Waals surface area contributed by atoms with Crippen LogP contribution in [-0.4, -0.2) is 8.98 Å².